The largest absolute Gasteiger partial charge is 0.486 e. The first-order chi connectivity index (χ1) is 19.9. The molecule has 0 unspecified atom stereocenters. The second-order valence-electron chi connectivity index (χ2n) is 10.1. The molecular weight excluding hydrogens is 568 g/mol. The third-order valence-electron chi connectivity index (χ3n) is 7.17. The zero-order valence-corrected chi connectivity index (χ0v) is 24.6. The summed E-state index contributed by atoms with van der Waals surface area (Å²) in [6.45, 7) is 1.75. The molecule has 0 aliphatic heterocycles. The molecule has 3 N–H and O–H groups in total. The summed E-state index contributed by atoms with van der Waals surface area (Å²) in [6.07, 6.45) is 6.84. The van der Waals surface area contributed by atoms with Gasteiger partial charge in [0.15, 0.2) is 0 Å². The van der Waals surface area contributed by atoms with Gasteiger partial charge in [-0.1, -0.05) is 30.9 Å². The van der Waals surface area contributed by atoms with Crippen LogP contribution in [0.25, 0.3) is 0 Å². The molecule has 2 aliphatic rings. The summed E-state index contributed by atoms with van der Waals surface area (Å²) in [7, 11) is -3.71. The molecule has 0 spiro atoms. The van der Waals surface area contributed by atoms with Gasteiger partial charge in [0.2, 0.25) is 10.0 Å². The first kappa shape index (κ1) is 31.1. The number of carbonyl (C=O) groups excluding carboxylic acids is 1. The number of nitrogens with zero attached hydrogens (tertiary/aromatic N) is 1. The maximum absolute atomic E-state index is 12.6. The van der Waals surface area contributed by atoms with Crippen molar-refractivity contribution in [1.29, 1.82) is 5.26 Å². The summed E-state index contributed by atoms with van der Waals surface area (Å²) in [5.41, 5.74) is 2.41. The lowest BCUT2D eigenvalue weighted by Gasteiger charge is -2.22. The Balaban J connectivity index is 1.09. The minimum Gasteiger partial charge on any atom is -0.486 e. The van der Waals surface area contributed by atoms with E-state index in [9.17, 15) is 18.5 Å². The number of ether oxygens (including phenoxy) is 3. The summed E-state index contributed by atoms with van der Waals surface area (Å²) < 4.78 is 44.8. The van der Waals surface area contributed by atoms with Gasteiger partial charge in [-0.2, -0.15) is 5.26 Å². The van der Waals surface area contributed by atoms with Crippen molar-refractivity contribution in [2.75, 3.05) is 39.5 Å². The van der Waals surface area contributed by atoms with E-state index in [0.717, 1.165) is 43.2 Å². The Morgan fingerprint density at radius 2 is 1.68 bits per heavy atom. The molecule has 41 heavy (non-hydrogen) atoms. The lowest BCUT2D eigenvalue weighted by molar-refractivity contribution is 0.0516. The number of sulfonamides is 1. The predicted octanol–water partition coefficient (Wildman–Crippen LogP) is 4.22. The van der Waals surface area contributed by atoms with Gasteiger partial charge in [-0.15, -0.1) is 0 Å². The highest BCUT2D eigenvalue weighted by Crippen LogP contribution is 2.38. The number of hydrogen-bond acceptors (Lipinski definition) is 7. The van der Waals surface area contributed by atoms with Gasteiger partial charge in [0.25, 0.3) is 0 Å². The van der Waals surface area contributed by atoms with Crippen molar-refractivity contribution >= 4 is 27.7 Å². The van der Waals surface area contributed by atoms with E-state index >= 15 is 0 Å². The zero-order chi connectivity index (χ0) is 29.1. The fourth-order valence-corrected chi connectivity index (χ4v) is 6.35. The Bertz CT molecular complexity index is 1310. The molecule has 12 heteroatoms. The molecule has 1 saturated carbocycles. The number of hydrogen-bond donors (Lipinski definition) is 3. The van der Waals surface area contributed by atoms with E-state index < -0.39 is 10.0 Å². The quantitative estimate of drug-likeness (QED) is 0.274. The normalized spacial score (nSPS) is 17.0. The van der Waals surface area contributed by atoms with E-state index in [4.69, 9.17) is 25.8 Å². The minimum absolute atomic E-state index is 0.115. The van der Waals surface area contributed by atoms with Gasteiger partial charge in [0.05, 0.1) is 43.0 Å². The standard InChI is InChI=1S/C29H37ClN4O6S/c30-22-18-21(20-31)26-10-11-28(27(26)19-22)40-24-6-8-25(9-7-24)41(36,37)33-13-15-39-17-16-38-14-12-32-29(35)34-23-4-2-1-3-5-23/h6-9,18-19,23,28,33H,1-5,10-17H2,(H2,32,34,35)/t28-/m1/s1. The van der Waals surface area contributed by atoms with Crippen molar-refractivity contribution in [2.45, 2.75) is 62.0 Å². The highest BCUT2D eigenvalue weighted by molar-refractivity contribution is 7.89. The highest BCUT2D eigenvalue weighted by atomic mass is 35.5. The third kappa shape index (κ3) is 9.31. The molecular formula is C29H37ClN4O6S. The lowest BCUT2D eigenvalue weighted by atomic mass is 9.96. The average molecular weight is 605 g/mol. The van der Waals surface area contributed by atoms with Crippen LogP contribution in [0, 0.1) is 11.3 Å². The van der Waals surface area contributed by atoms with Crippen LogP contribution in [0.3, 0.4) is 0 Å². The first-order valence-corrected chi connectivity index (χ1v) is 15.9. The fourth-order valence-electron chi connectivity index (χ4n) is 5.11. The van der Waals surface area contributed by atoms with Crippen molar-refractivity contribution in [3.63, 3.8) is 0 Å². The summed E-state index contributed by atoms with van der Waals surface area (Å²) in [5, 5.41) is 15.6. The number of urea groups is 1. The van der Waals surface area contributed by atoms with Crippen LogP contribution in [0.15, 0.2) is 41.3 Å². The number of fused-ring (bicyclic) bond motifs is 1. The molecule has 2 aromatic carbocycles. The fraction of sp³-hybridized carbons (Fsp3) is 0.517. The topological polar surface area (TPSA) is 139 Å². The monoisotopic (exact) mass is 604 g/mol. The van der Waals surface area contributed by atoms with Crippen LogP contribution in [0.2, 0.25) is 5.02 Å². The van der Waals surface area contributed by atoms with Crippen LogP contribution in [0.5, 0.6) is 5.75 Å². The number of amides is 2. The van der Waals surface area contributed by atoms with Crippen LogP contribution < -0.4 is 20.1 Å². The summed E-state index contributed by atoms with van der Waals surface area (Å²) in [4.78, 5) is 12.0. The van der Waals surface area contributed by atoms with Gasteiger partial charge in [-0.3, -0.25) is 0 Å². The van der Waals surface area contributed by atoms with E-state index in [1.54, 1.807) is 18.2 Å². The number of nitrogens with one attached hydrogen (secondary N) is 3. The van der Waals surface area contributed by atoms with Gasteiger partial charge in [-0.05, 0) is 73.2 Å². The Morgan fingerprint density at radius 1 is 0.976 bits per heavy atom. The van der Waals surface area contributed by atoms with Crippen LogP contribution in [-0.4, -0.2) is 60.0 Å². The molecule has 2 amide bonds. The molecule has 0 bridgehead atoms. The van der Waals surface area contributed by atoms with E-state index in [1.807, 2.05) is 6.07 Å². The second-order valence-corrected chi connectivity index (χ2v) is 12.3. The molecule has 1 fully saturated rings. The van der Waals surface area contributed by atoms with E-state index in [1.165, 1.54) is 18.6 Å². The van der Waals surface area contributed by atoms with Gasteiger partial charge in [-0.25, -0.2) is 17.9 Å². The molecule has 0 heterocycles. The molecule has 1 atom stereocenters. The van der Waals surface area contributed by atoms with E-state index in [0.29, 0.717) is 49.1 Å². The van der Waals surface area contributed by atoms with Gasteiger partial charge >= 0.3 is 6.03 Å². The number of halogens is 1. The number of rotatable bonds is 14. The molecule has 2 aromatic rings. The maximum atomic E-state index is 12.6. The Hall–Kier alpha value is -2.88. The highest BCUT2D eigenvalue weighted by Gasteiger charge is 2.27. The minimum atomic E-state index is -3.71. The molecule has 0 saturated heterocycles. The Morgan fingerprint density at radius 3 is 2.39 bits per heavy atom. The van der Waals surface area contributed by atoms with Crippen molar-refractivity contribution in [2.24, 2.45) is 0 Å². The van der Waals surface area contributed by atoms with Crippen LogP contribution in [-0.2, 0) is 25.9 Å². The zero-order valence-electron chi connectivity index (χ0n) is 23.0. The van der Waals surface area contributed by atoms with Crippen LogP contribution in [0.1, 0.15) is 61.3 Å². The molecule has 222 valence electrons. The number of nitriles is 1. The van der Waals surface area contributed by atoms with Crippen molar-refractivity contribution in [1.82, 2.24) is 15.4 Å². The molecule has 0 radical (unpaired) electrons. The van der Waals surface area contributed by atoms with Crippen molar-refractivity contribution < 1.29 is 27.4 Å². The van der Waals surface area contributed by atoms with E-state index in [2.05, 4.69) is 21.4 Å². The number of carbonyl (C=O) groups is 1. The maximum Gasteiger partial charge on any atom is 0.315 e. The Kier molecular flexibility index (Phi) is 11.7. The van der Waals surface area contributed by atoms with Gasteiger partial charge in [0.1, 0.15) is 11.9 Å². The Labute approximate surface area is 246 Å². The summed E-state index contributed by atoms with van der Waals surface area (Å²) in [5.74, 6) is 0.531. The molecule has 4 rings (SSSR count). The van der Waals surface area contributed by atoms with Gasteiger partial charge in [0, 0.05) is 24.2 Å². The average Bonchev–Trinajstić information content (AvgIpc) is 3.36. The molecule has 0 aromatic heterocycles. The second kappa shape index (κ2) is 15.4. The smallest absolute Gasteiger partial charge is 0.315 e. The summed E-state index contributed by atoms with van der Waals surface area (Å²) >= 11 is 6.17. The van der Waals surface area contributed by atoms with Crippen molar-refractivity contribution in [3.05, 3.63) is 58.1 Å². The summed E-state index contributed by atoms with van der Waals surface area (Å²) in [6, 6.07) is 12.0. The SMILES string of the molecule is N#Cc1cc(Cl)cc2c1CC[C@H]2Oc1ccc(S(=O)(=O)NCCOCCOCCNC(=O)NC2CCCCC2)cc1. The van der Waals surface area contributed by atoms with E-state index in [-0.39, 0.29) is 36.2 Å². The van der Waals surface area contributed by atoms with Crippen molar-refractivity contribution in [3.8, 4) is 11.8 Å². The van der Waals surface area contributed by atoms with Crippen LogP contribution in [0.4, 0.5) is 4.79 Å². The van der Waals surface area contributed by atoms with Crippen LogP contribution >= 0.6 is 11.6 Å². The lowest BCUT2D eigenvalue weighted by Crippen LogP contribution is -2.43. The predicted molar refractivity (Wildman–Crippen MR) is 155 cm³/mol. The third-order valence-corrected chi connectivity index (χ3v) is 8.86. The molecule has 10 nitrogen and oxygen atoms in total. The first-order valence-electron chi connectivity index (χ1n) is 14.0. The van der Waals surface area contributed by atoms with Gasteiger partial charge < -0.3 is 24.8 Å². The number of benzene rings is 2. The molecule has 2 aliphatic carbocycles.